The molecule has 3 N–H and O–H groups in total. The topological polar surface area (TPSA) is 138 Å². The van der Waals surface area contributed by atoms with Crippen LogP contribution in [0, 0.1) is 16.0 Å². The molecule has 10 nitrogen and oxygen atoms in total. The van der Waals surface area contributed by atoms with Crippen molar-refractivity contribution in [3.05, 3.63) is 102 Å². The third kappa shape index (κ3) is 5.44. The van der Waals surface area contributed by atoms with E-state index >= 15 is 0 Å². The second-order valence-electron chi connectivity index (χ2n) is 8.63. The number of non-ortho nitro benzene ring substituents is 1. The highest BCUT2D eigenvalue weighted by Crippen LogP contribution is 2.22. The lowest BCUT2D eigenvalue weighted by Gasteiger charge is -2.17. The van der Waals surface area contributed by atoms with E-state index in [0.29, 0.717) is 29.3 Å². The average Bonchev–Trinajstić information content (AvgIpc) is 2.85. The van der Waals surface area contributed by atoms with Crippen LogP contribution in [0.25, 0.3) is 11.4 Å². The molecule has 0 aliphatic heterocycles. The van der Waals surface area contributed by atoms with E-state index in [1.54, 1.807) is 29.9 Å². The maximum atomic E-state index is 12.9. The Bertz CT molecular complexity index is 1440. The highest BCUT2D eigenvalue weighted by atomic mass is 16.6. The van der Waals surface area contributed by atoms with Gasteiger partial charge in [0.05, 0.1) is 10.5 Å². The lowest BCUT2D eigenvalue weighted by Crippen LogP contribution is -2.27. The summed E-state index contributed by atoms with van der Waals surface area (Å²) >= 11 is 0. The molecule has 1 aliphatic carbocycles. The summed E-state index contributed by atoms with van der Waals surface area (Å²) in [5, 5.41) is 14.5. The van der Waals surface area contributed by atoms with Gasteiger partial charge in [-0.3, -0.25) is 24.1 Å². The van der Waals surface area contributed by atoms with Gasteiger partial charge in [0.2, 0.25) is 5.78 Å². The molecular weight excluding hydrogens is 448 g/mol. The van der Waals surface area contributed by atoms with Crippen LogP contribution in [0.3, 0.4) is 0 Å². The van der Waals surface area contributed by atoms with Gasteiger partial charge >= 0.3 is 0 Å². The predicted molar refractivity (Wildman–Crippen MR) is 134 cm³/mol. The molecule has 0 fully saturated rings. The van der Waals surface area contributed by atoms with Gasteiger partial charge in [-0.05, 0) is 43.0 Å². The molecule has 0 amide bonds. The number of hydrogen-bond donors (Lipinski definition) is 2. The fraction of sp³-hybridized carbons (Fsp3) is 0.320. The molecule has 2 heterocycles. The van der Waals surface area contributed by atoms with Crippen LogP contribution in [0.4, 0.5) is 5.69 Å². The summed E-state index contributed by atoms with van der Waals surface area (Å²) < 4.78 is 3.03. The van der Waals surface area contributed by atoms with Crippen LogP contribution in [0.2, 0.25) is 0 Å². The van der Waals surface area contributed by atoms with Crippen molar-refractivity contribution in [3.63, 3.8) is 0 Å². The molecule has 10 heteroatoms. The summed E-state index contributed by atoms with van der Waals surface area (Å²) in [5.41, 5.74) is 7.15. The highest BCUT2D eigenvalue weighted by Gasteiger charge is 2.16. The summed E-state index contributed by atoms with van der Waals surface area (Å²) in [5.74, 6) is 0.547. The van der Waals surface area contributed by atoms with E-state index < -0.39 is 10.5 Å². The minimum Gasteiger partial charge on any atom is -0.330 e. The number of nitrogens with two attached hydrogens (primary N) is 1. The molecule has 1 aromatic carbocycles. The zero-order chi connectivity index (χ0) is 24.9. The quantitative estimate of drug-likeness (QED) is 0.273. The Morgan fingerprint density at radius 2 is 2.11 bits per heavy atom. The summed E-state index contributed by atoms with van der Waals surface area (Å²) in [6, 6.07) is 7.72. The molecule has 1 aliphatic rings. The Hall–Kier alpha value is -3.89. The lowest BCUT2D eigenvalue weighted by atomic mass is 9.94. The summed E-state index contributed by atoms with van der Waals surface area (Å²) in [6.45, 7) is 2.37. The van der Waals surface area contributed by atoms with Crippen LogP contribution in [0.15, 0.2) is 64.3 Å². The number of aryl methyl sites for hydroxylation is 1. The van der Waals surface area contributed by atoms with Crippen molar-refractivity contribution in [1.29, 1.82) is 0 Å². The smallest absolute Gasteiger partial charge is 0.282 e. The molecule has 4 rings (SSSR count). The van der Waals surface area contributed by atoms with Gasteiger partial charge in [-0.25, -0.2) is 0 Å². The number of aromatic nitrogens is 3. The van der Waals surface area contributed by atoms with Crippen molar-refractivity contribution in [2.24, 2.45) is 18.7 Å². The highest BCUT2D eigenvalue weighted by molar-refractivity contribution is 5.74. The maximum Gasteiger partial charge on any atom is 0.282 e. The fourth-order valence-electron chi connectivity index (χ4n) is 4.17. The number of benzene rings is 1. The number of rotatable bonds is 9. The molecule has 0 bridgehead atoms. The third-order valence-electron chi connectivity index (χ3n) is 6.13. The van der Waals surface area contributed by atoms with Crippen molar-refractivity contribution in [2.75, 3.05) is 19.6 Å². The minimum atomic E-state index is -0.458. The van der Waals surface area contributed by atoms with Gasteiger partial charge < -0.3 is 15.6 Å². The average molecular weight is 477 g/mol. The van der Waals surface area contributed by atoms with Crippen molar-refractivity contribution in [3.8, 4) is 0 Å². The van der Waals surface area contributed by atoms with Gasteiger partial charge in [-0.2, -0.15) is 4.98 Å². The fourth-order valence-corrected chi connectivity index (χ4v) is 4.17. The molecule has 0 radical (unpaired) electrons. The second kappa shape index (κ2) is 10.6. The number of hydrogen-bond acceptors (Lipinski definition) is 7. The predicted octanol–water partition coefficient (Wildman–Crippen LogP) is 1.79. The zero-order valence-corrected chi connectivity index (χ0v) is 19.5. The van der Waals surface area contributed by atoms with Crippen LogP contribution < -0.4 is 22.2 Å². The molecule has 2 aromatic heterocycles. The number of nitrogens with zero attached hydrogens (tertiary/aromatic N) is 4. The van der Waals surface area contributed by atoms with Crippen LogP contribution in [0.1, 0.15) is 29.7 Å². The molecular formula is C25H28N6O4. The maximum absolute atomic E-state index is 12.9. The molecule has 3 aromatic rings. The molecule has 182 valence electrons. The Kier molecular flexibility index (Phi) is 7.33. The second-order valence-corrected chi connectivity index (χ2v) is 8.63. The Balaban J connectivity index is 1.60. The largest absolute Gasteiger partial charge is 0.330 e. The van der Waals surface area contributed by atoms with Crippen LogP contribution in [-0.2, 0) is 13.5 Å². The molecule has 35 heavy (non-hydrogen) atoms. The molecule has 1 unspecified atom stereocenters. The number of nitrogens with one attached hydrogen (secondary N) is 1. The minimum absolute atomic E-state index is 0.0188. The van der Waals surface area contributed by atoms with Crippen molar-refractivity contribution in [2.45, 2.75) is 19.3 Å². The van der Waals surface area contributed by atoms with Crippen LogP contribution in [-0.4, -0.2) is 38.5 Å². The normalized spacial score (nSPS) is 15.4. The zero-order valence-electron chi connectivity index (χ0n) is 19.5. The summed E-state index contributed by atoms with van der Waals surface area (Å²) in [4.78, 5) is 40.7. The van der Waals surface area contributed by atoms with Gasteiger partial charge in [-0.15, -0.1) is 0 Å². The number of nitro groups is 1. The van der Waals surface area contributed by atoms with E-state index in [9.17, 15) is 19.7 Å². The first-order chi connectivity index (χ1) is 16.9. The summed E-state index contributed by atoms with van der Waals surface area (Å²) in [6.07, 6.45) is 9.52. The monoisotopic (exact) mass is 476 g/mol. The molecule has 0 saturated carbocycles. The van der Waals surface area contributed by atoms with Crippen LogP contribution >= 0.6 is 0 Å². The summed E-state index contributed by atoms with van der Waals surface area (Å²) in [7, 11) is 1.72. The number of nitro benzene ring substituents is 1. The van der Waals surface area contributed by atoms with Crippen LogP contribution in [0.5, 0.6) is 0 Å². The first kappa shape index (κ1) is 24.2. The van der Waals surface area contributed by atoms with E-state index in [0.717, 1.165) is 31.5 Å². The van der Waals surface area contributed by atoms with Gasteiger partial charge in [0.15, 0.2) is 0 Å². The SMILES string of the molecule is Cn1c(Cc2cccc([N+](=O)[O-])c2)cc(=O)n2cc(C3=CCC(CNCCCN)C=C3)c(=O)nc12. The number of allylic oxidation sites excluding steroid dienone is 3. The van der Waals surface area contributed by atoms with Gasteiger partial charge in [0.25, 0.3) is 16.8 Å². The third-order valence-corrected chi connectivity index (χ3v) is 6.13. The Morgan fingerprint density at radius 1 is 1.29 bits per heavy atom. The molecule has 0 spiro atoms. The standard InChI is InChI=1S/C25H28N6O4/c1-29-21(13-18-4-2-5-20(12-18)31(34)35)14-23(32)30-16-22(24(33)28-25(29)30)19-8-6-17(7-9-19)15-27-11-3-10-26/h2,4-6,8-9,12,14,16-17,27H,3,7,10-11,13,15,26H2,1H3. The van der Waals surface area contributed by atoms with E-state index in [1.165, 1.54) is 22.6 Å². The van der Waals surface area contributed by atoms with E-state index in [4.69, 9.17) is 5.73 Å². The van der Waals surface area contributed by atoms with Gasteiger partial charge in [-0.1, -0.05) is 30.4 Å². The van der Waals surface area contributed by atoms with Crippen molar-refractivity contribution >= 4 is 17.0 Å². The number of fused-ring (bicyclic) bond motifs is 1. The van der Waals surface area contributed by atoms with Gasteiger partial charge in [0, 0.05) is 50.1 Å². The van der Waals surface area contributed by atoms with Crippen molar-refractivity contribution < 1.29 is 4.92 Å². The molecule has 0 saturated heterocycles. The Morgan fingerprint density at radius 3 is 2.83 bits per heavy atom. The Labute approximate surface area is 201 Å². The van der Waals surface area contributed by atoms with E-state index in [2.05, 4.69) is 16.4 Å². The first-order valence-electron chi connectivity index (χ1n) is 11.5. The van der Waals surface area contributed by atoms with Gasteiger partial charge in [0.1, 0.15) is 0 Å². The first-order valence-corrected chi connectivity index (χ1v) is 11.5. The van der Waals surface area contributed by atoms with Crippen molar-refractivity contribution in [1.82, 2.24) is 19.3 Å². The molecule has 1 atom stereocenters. The van der Waals surface area contributed by atoms with E-state index in [-0.39, 0.29) is 23.4 Å². The lowest BCUT2D eigenvalue weighted by molar-refractivity contribution is -0.384. The van der Waals surface area contributed by atoms with E-state index in [1.807, 2.05) is 12.2 Å².